The van der Waals surface area contributed by atoms with Crippen LogP contribution < -0.4 is 10.6 Å². The molecule has 2 aromatic heterocycles. The van der Waals surface area contributed by atoms with E-state index in [1.54, 1.807) is 42.6 Å². The molecule has 9 heteroatoms. The SMILES string of the molecule is CC(=O)Nc1ccc(-c2csc(NC(=O)c3cc4cc(Cl)ccc4nc3C)n2)c(F)c1. The molecule has 0 aliphatic carbocycles. The standard InChI is InChI=1S/C22H16ClFN4O2S/c1-11-17(8-13-7-14(23)3-6-19(13)25-11)21(30)28-22-27-20(10-31-22)16-5-4-15(9-18(16)24)26-12(2)29/h3-10H,1-2H3,(H,26,29)(H,27,28,30). The maximum atomic E-state index is 14.5. The molecule has 2 N–H and O–H groups in total. The van der Waals surface area contributed by atoms with Gasteiger partial charge in [0.15, 0.2) is 5.13 Å². The van der Waals surface area contributed by atoms with Crippen LogP contribution in [0.3, 0.4) is 0 Å². The van der Waals surface area contributed by atoms with E-state index in [-0.39, 0.29) is 17.4 Å². The van der Waals surface area contributed by atoms with Gasteiger partial charge in [-0.25, -0.2) is 9.37 Å². The molecule has 6 nitrogen and oxygen atoms in total. The summed E-state index contributed by atoms with van der Waals surface area (Å²) in [5.74, 6) is -1.18. The smallest absolute Gasteiger partial charge is 0.259 e. The van der Waals surface area contributed by atoms with Crippen molar-refractivity contribution in [3.8, 4) is 11.3 Å². The Morgan fingerprint density at radius 1 is 1.06 bits per heavy atom. The highest BCUT2D eigenvalue weighted by molar-refractivity contribution is 7.14. The number of aromatic nitrogens is 2. The Morgan fingerprint density at radius 3 is 2.61 bits per heavy atom. The lowest BCUT2D eigenvalue weighted by Gasteiger charge is -2.07. The Balaban J connectivity index is 1.57. The summed E-state index contributed by atoms with van der Waals surface area (Å²) in [6.07, 6.45) is 0. The lowest BCUT2D eigenvalue weighted by Crippen LogP contribution is -2.14. The summed E-state index contributed by atoms with van der Waals surface area (Å²) >= 11 is 7.22. The van der Waals surface area contributed by atoms with Gasteiger partial charge in [-0.3, -0.25) is 19.9 Å². The van der Waals surface area contributed by atoms with E-state index < -0.39 is 5.82 Å². The van der Waals surface area contributed by atoms with Crippen LogP contribution in [-0.4, -0.2) is 21.8 Å². The van der Waals surface area contributed by atoms with Crippen LogP contribution in [0.15, 0.2) is 47.8 Å². The van der Waals surface area contributed by atoms with Gasteiger partial charge in [0.2, 0.25) is 5.91 Å². The van der Waals surface area contributed by atoms with Gasteiger partial charge in [0.1, 0.15) is 5.82 Å². The number of halogens is 2. The summed E-state index contributed by atoms with van der Waals surface area (Å²) in [7, 11) is 0. The van der Waals surface area contributed by atoms with E-state index in [4.69, 9.17) is 11.6 Å². The normalized spacial score (nSPS) is 10.8. The molecule has 2 heterocycles. The fourth-order valence-corrected chi connectivity index (χ4v) is 3.98. The second-order valence-corrected chi connectivity index (χ2v) is 8.12. The molecule has 0 aliphatic rings. The number of pyridine rings is 1. The van der Waals surface area contributed by atoms with E-state index in [1.807, 2.05) is 0 Å². The Bertz CT molecular complexity index is 1340. The zero-order valence-electron chi connectivity index (χ0n) is 16.5. The monoisotopic (exact) mass is 454 g/mol. The first-order valence-corrected chi connectivity index (χ1v) is 10.5. The first-order chi connectivity index (χ1) is 14.8. The van der Waals surface area contributed by atoms with Crippen molar-refractivity contribution in [1.29, 1.82) is 0 Å². The number of nitrogens with zero attached hydrogens (tertiary/aromatic N) is 2. The molecule has 0 aliphatic heterocycles. The van der Waals surface area contributed by atoms with Gasteiger partial charge >= 0.3 is 0 Å². The zero-order chi connectivity index (χ0) is 22.1. The fraction of sp³-hybridized carbons (Fsp3) is 0.0909. The number of hydrogen-bond acceptors (Lipinski definition) is 5. The van der Waals surface area contributed by atoms with Crippen molar-refractivity contribution < 1.29 is 14.0 Å². The largest absolute Gasteiger partial charge is 0.326 e. The average molecular weight is 455 g/mol. The maximum Gasteiger partial charge on any atom is 0.259 e. The number of aryl methyl sites for hydroxylation is 1. The molecule has 0 bridgehead atoms. The van der Waals surface area contributed by atoms with Gasteiger partial charge in [-0.05, 0) is 49.4 Å². The van der Waals surface area contributed by atoms with Crippen molar-refractivity contribution in [1.82, 2.24) is 9.97 Å². The number of fused-ring (bicyclic) bond motifs is 1. The van der Waals surface area contributed by atoms with Gasteiger partial charge in [-0.15, -0.1) is 11.3 Å². The predicted octanol–water partition coefficient (Wildman–Crippen LogP) is 5.67. The van der Waals surface area contributed by atoms with Gasteiger partial charge in [0.25, 0.3) is 5.91 Å². The van der Waals surface area contributed by atoms with Crippen LogP contribution in [0.5, 0.6) is 0 Å². The van der Waals surface area contributed by atoms with Crippen LogP contribution in [0.1, 0.15) is 23.0 Å². The van der Waals surface area contributed by atoms with E-state index in [9.17, 15) is 14.0 Å². The van der Waals surface area contributed by atoms with Crippen molar-refractivity contribution in [2.24, 2.45) is 0 Å². The van der Waals surface area contributed by atoms with E-state index in [1.165, 1.54) is 30.4 Å². The van der Waals surface area contributed by atoms with Crippen molar-refractivity contribution in [2.75, 3.05) is 10.6 Å². The predicted molar refractivity (Wildman–Crippen MR) is 121 cm³/mol. The summed E-state index contributed by atoms with van der Waals surface area (Å²) < 4.78 is 14.5. The Morgan fingerprint density at radius 2 is 1.87 bits per heavy atom. The maximum absolute atomic E-state index is 14.5. The number of benzene rings is 2. The number of nitrogens with one attached hydrogen (secondary N) is 2. The Hall–Kier alpha value is -3.36. The van der Waals surface area contributed by atoms with E-state index in [0.29, 0.717) is 32.8 Å². The summed E-state index contributed by atoms with van der Waals surface area (Å²) in [6, 6.07) is 11.4. The molecule has 0 spiro atoms. The van der Waals surface area contributed by atoms with E-state index in [0.717, 1.165) is 10.9 Å². The first-order valence-electron chi connectivity index (χ1n) is 9.21. The van der Waals surface area contributed by atoms with Crippen LogP contribution in [0.25, 0.3) is 22.2 Å². The lowest BCUT2D eigenvalue weighted by molar-refractivity contribution is -0.114. The third-order valence-electron chi connectivity index (χ3n) is 4.50. The summed E-state index contributed by atoms with van der Waals surface area (Å²) in [4.78, 5) is 32.7. The van der Waals surface area contributed by atoms with Crippen molar-refractivity contribution in [2.45, 2.75) is 13.8 Å². The van der Waals surface area contributed by atoms with E-state index in [2.05, 4.69) is 20.6 Å². The van der Waals surface area contributed by atoms with E-state index >= 15 is 0 Å². The molecule has 4 rings (SSSR count). The van der Waals surface area contributed by atoms with Gasteiger partial charge < -0.3 is 5.32 Å². The number of anilines is 2. The van der Waals surface area contributed by atoms with Crippen molar-refractivity contribution >= 4 is 56.5 Å². The minimum Gasteiger partial charge on any atom is -0.326 e. The third-order valence-corrected chi connectivity index (χ3v) is 5.49. The number of hydrogen-bond donors (Lipinski definition) is 2. The molecule has 0 fully saturated rings. The Labute approximate surface area is 186 Å². The van der Waals surface area contributed by atoms with Crippen LogP contribution in [-0.2, 0) is 4.79 Å². The van der Waals surface area contributed by atoms with Crippen LogP contribution in [0.2, 0.25) is 5.02 Å². The average Bonchev–Trinajstić information content (AvgIpc) is 3.15. The quantitative estimate of drug-likeness (QED) is 0.416. The van der Waals surface area contributed by atoms with Gasteiger partial charge in [-0.1, -0.05) is 11.6 Å². The molecule has 0 saturated heterocycles. The van der Waals surface area contributed by atoms with Crippen molar-refractivity contribution in [3.63, 3.8) is 0 Å². The number of amides is 2. The van der Waals surface area contributed by atoms with Crippen LogP contribution in [0.4, 0.5) is 15.2 Å². The summed E-state index contributed by atoms with van der Waals surface area (Å²) in [5.41, 5.74) is 2.72. The second kappa shape index (κ2) is 8.41. The van der Waals surface area contributed by atoms with Crippen LogP contribution >= 0.6 is 22.9 Å². The molecule has 0 radical (unpaired) electrons. The summed E-state index contributed by atoms with van der Waals surface area (Å²) in [5, 5.41) is 8.56. The molecule has 2 aromatic carbocycles. The highest BCUT2D eigenvalue weighted by Crippen LogP contribution is 2.29. The number of carbonyl (C=O) groups excluding carboxylic acids is 2. The van der Waals surface area contributed by atoms with Crippen LogP contribution in [0, 0.1) is 12.7 Å². The molecule has 0 unspecified atom stereocenters. The Kier molecular flexibility index (Phi) is 5.67. The minimum atomic E-state index is -0.527. The van der Waals surface area contributed by atoms with Gasteiger partial charge in [-0.2, -0.15) is 0 Å². The molecule has 0 atom stereocenters. The number of carbonyl (C=O) groups is 2. The topological polar surface area (TPSA) is 84.0 Å². The number of rotatable bonds is 4. The summed E-state index contributed by atoms with van der Waals surface area (Å²) in [6.45, 7) is 3.10. The zero-order valence-corrected chi connectivity index (χ0v) is 18.1. The molecule has 31 heavy (non-hydrogen) atoms. The third kappa shape index (κ3) is 4.55. The number of thiazole rings is 1. The van der Waals surface area contributed by atoms with Crippen molar-refractivity contribution in [3.05, 3.63) is 69.9 Å². The molecular weight excluding hydrogens is 439 g/mol. The van der Waals surface area contributed by atoms with Gasteiger partial charge in [0.05, 0.1) is 22.5 Å². The lowest BCUT2D eigenvalue weighted by atomic mass is 10.1. The second-order valence-electron chi connectivity index (χ2n) is 6.83. The minimum absolute atomic E-state index is 0.268. The highest BCUT2D eigenvalue weighted by Gasteiger charge is 2.16. The molecule has 4 aromatic rings. The highest BCUT2D eigenvalue weighted by atomic mass is 35.5. The van der Waals surface area contributed by atoms with Gasteiger partial charge in [0, 0.05) is 34.0 Å². The molecular formula is C22H16ClFN4O2S. The molecule has 0 saturated carbocycles. The first kappa shape index (κ1) is 20.9. The molecule has 2 amide bonds. The molecule has 156 valence electrons. The fourth-order valence-electron chi connectivity index (χ4n) is 3.10.